The summed E-state index contributed by atoms with van der Waals surface area (Å²) in [4.78, 5) is 12.4. The lowest BCUT2D eigenvalue weighted by atomic mass is 10.1. The monoisotopic (exact) mass is 450 g/mol. The van der Waals surface area contributed by atoms with Crippen molar-refractivity contribution in [2.75, 3.05) is 26.2 Å². The lowest BCUT2D eigenvalue weighted by Crippen LogP contribution is -2.30. The van der Waals surface area contributed by atoms with Gasteiger partial charge in [0.25, 0.3) is 5.91 Å². The predicted octanol–water partition coefficient (Wildman–Crippen LogP) is 3.89. The zero-order valence-corrected chi connectivity index (χ0v) is 18.6. The fraction of sp³-hybridized carbons (Fsp3) is 0.409. The Morgan fingerprint density at radius 3 is 2.50 bits per heavy atom. The molecule has 0 saturated carbocycles. The van der Waals surface area contributed by atoms with Gasteiger partial charge in [-0.25, -0.2) is 8.42 Å². The molecule has 0 bridgehead atoms. The summed E-state index contributed by atoms with van der Waals surface area (Å²) >= 11 is 6.13. The van der Waals surface area contributed by atoms with Gasteiger partial charge in [-0.3, -0.25) is 4.79 Å². The minimum atomic E-state index is -3.70. The summed E-state index contributed by atoms with van der Waals surface area (Å²) in [6, 6.07) is 12.2. The van der Waals surface area contributed by atoms with Crippen LogP contribution in [0.25, 0.3) is 0 Å². The molecule has 1 aliphatic rings. The Morgan fingerprint density at radius 2 is 1.83 bits per heavy atom. The Morgan fingerprint density at radius 1 is 1.13 bits per heavy atom. The van der Waals surface area contributed by atoms with E-state index >= 15 is 0 Å². The van der Waals surface area contributed by atoms with Gasteiger partial charge >= 0.3 is 0 Å². The number of hydrogen-bond acceptors (Lipinski definition) is 4. The van der Waals surface area contributed by atoms with Crippen molar-refractivity contribution in [1.29, 1.82) is 0 Å². The molecular weight excluding hydrogens is 424 g/mol. The van der Waals surface area contributed by atoms with Gasteiger partial charge in [0.2, 0.25) is 10.0 Å². The molecule has 1 amide bonds. The molecule has 3 rings (SSSR count). The van der Waals surface area contributed by atoms with E-state index in [0.29, 0.717) is 26.2 Å². The predicted molar refractivity (Wildman–Crippen MR) is 118 cm³/mol. The van der Waals surface area contributed by atoms with Crippen LogP contribution in [0.15, 0.2) is 47.4 Å². The van der Waals surface area contributed by atoms with Gasteiger partial charge in [0.15, 0.2) is 0 Å². The molecule has 6 nitrogen and oxygen atoms in total. The molecule has 0 spiro atoms. The van der Waals surface area contributed by atoms with Crippen LogP contribution in [0.2, 0.25) is 5.02 Å². The number of ether oxygens (including phenoxy) is 1. The van der Waals surface area contributed by atoms with E-state index in [1.54, 1.807) is 0 Å². The number of amides is 1. The number of carbonyl (C=O) groups excluding carboxylic acids is 1. The highest BCUT2D eigenvalue weighted by Gasteiger charge is 2.29. The van der Waals surface area contributed by atoms with E-state index in [4.69, 9.17) is 16.3 Å². The highest BCUT2D eigenvalue weighted by Crippen LogP contribution is 2.28. The van der Waals surface area contributed by atoms with E-state index in [0.717, 1.165) is 31.4 Å². The molecule has 8 heteroatoms. The molecule has 0 unspecified atom stereocenters. The summed E-state index contributed by atoms with van der Waals surface area (Å²) in [5, 5.41) is 2.87. The number of benzene rings is 2. The summed E-state index contributed by atoms with van der Waals surface area (Å²) in [6.45, 7) is 3.70. The average Bonchev–Trinajstić information content (AvgIpc) is 3.28. The van der Waals surface area contributed by atoms with Crippen molar-refractivity contribution < 1.29 is 17.9 Å². The molecular formula is C22H27ClN2O4S. The number of hydrogen-bond donors (Lipinski definition) is 1. The molecule has 1 N–H and O–H groups in total. The molecule has 1 fully saturated rings. The van der Waals surface area contributed by atoms with Crippen LogP contribution in [0.4, 0.5) is 0 Å². The third-order valence-electron chi connectivity index (χ3n) is 4.99. The van der Waals surface area contributed by atoms with Crippen molar-refractivity contribution >= 4 is 27.5 Å². The van der Waals surface area contributed by atoms with E-state index in [-0.39, 0.29) is 21.4 Å². The quantitative estimate of drug-likeness (QED) is 0.588. The van der Waals surface area contributed by atoms with E-state index in [1.165, 1.54) is 28.1 Å². The molecule has 0 aliphatic carbocycles. The van der Waals surface area contributed by atoms with Gasteiger partial charge in [0, 0.05) is 18.7 Å². The van der Waals surface area contributed by atoms with Crippen LogP contribution in [0, 0.1) is 0 Å². The third-order valence-corrected chi connectivity index (χ3v) is 7.37. The molecule has 1 aliphatic heterocycles. The largest absolute Gasteiger partial charge is 0.492 e. The molecule has 2 aromatic rings. The number of nitrogens with zero attached hydrogens (tertiary/aromatic N) is 1. The van der Waals surface area contributed by atoms with Crippen molar-refractivity contribution in [3.05, 3.63) is 58.6 Å². The van der Waals surface area contributed by atoms with Gasteiger partial charge in [0.05, 0.1) is 11.6 Å². The van der Waals surface area contributed by atoms with Crippen LogP contribution in [-0.4, -0.2) is 44.9 Å². The minimum Gasteiger partial charge on any atom is -0.492 e. The highest BCUT2D eigenvalue weighted by atomic mass is 35.5. The average molecular weight is 451 g/mol. The molecule has 30 heavy (non-hydrogen) atoms. The van der Waals surface area contributed by atoms with Crippen LogP contribution in [0.5, 0.6) is 5.75 Å². The maximum absolute atomic E-state index is 12.8. The first-order chi connectivity index (χ1) is 14.4. The van der Waals surface area contributed by atoms with Crippen molar-refractivity contribution in [3.8, 4) is 5.75 Å². The summed E-state index contributed by atoms with van der Waals surface area (Å²) in [7, 11) is -3.70. The molecule has 162 valence electrons. The lowest BCUT2D eigenvalue weighted by Gasteiger charge is -2.17. The second-order valence-corrected chi connectivity index (χ2v) is 9.57. The Hall–Kier alpha value is -2.09. The zero-order valence-electron chi connectivity index (χ0n) is 17.1. The highest BCUT2D eigenvalue weighted by molar-refractivity contribution is 7.89. The Kier molecular flexibility index (Phi) is 7.75. The Balaban J connectivity index is 1.56. The number of halogens is 1. The second kappa shape index (κ2) is 10.3. The third kappa shape index (κ3) is 5.53. The van der Waals surface area contributed by atoms with Gasteiger partial charge in [0.1, 0.15) is 17.3 Å². The Bertz CT molecular complexity index is 971. The van der Waals surface area contributed by atoms with E-state index in [9.17, 15) is 13.2 Å². The number of aryl methyl sites for hydroxylation is 1. The van der Waals surface area contributed by atoms with Crippen LogP contribution in [0.3, 0.4) is 0 Å². The first-order valence-corrected chi connectivity index (χ1v) is 12.0. The van der Waals surface area contributed by atoms with Crippen molar-refractivity contribution in [1.82, 2.24) is 9.62 Å². The molecule has 2 aromatic carbocycles. The molecule has 0 radical (unpaired) electrons. The fourth-order valence-corrected chi connectivity index (χ4v) is 5.40. The topological polar surface area (TPSA) is 75.7 Å². The van der Waals surface area contributed by atoms with Gasteiger partial charge in [-0.15, -0.1) is 0 Å². The summed E-state index contributed by atoms with van der Waals surface area (Å²) in [6.07, 6.45) is 3.79. The number of sulfonamides is 1. The molecule has 0 atom stereocenters. The normalized spacial score (nSPS) is 14.6. The lowest BCUT2D eigenvalue weighted by molar-refractivity contribution is 0.0947. The first-order valence-electron chi connectivity index (χ1n) is 10.2. The van der Waals surface area contributed by atoms with Gasteiger partial charge in [-0.05, 0) is 55.2 Å². The van der Waals surface area contributed by atoms with E-state index < -0.39 is 10.0 Å². The Labute approximate surface area is 183 Å². The summed E-state index contributed by atoms with van der Waals surface area (Å²) in [5.41, 5.74) is 1.52. The van der Waals surface area contributed by atoms with Gasteiger partial charge < -0.3 is 10.1 Å². The standard InChI is InChI=1S/C22H27ClN2O4S/c1-2-5-17-6-9-19(10-7-17)29-15-12-24-22(26)18-8-11-20(23)21(16-18)30(27,28)25-13-3-4-14-25/h6-11,16H,2-5,12-15H2,1H3,(H,24,26). The maximum atomic E-state index is 12.8. The molecule has 1 heterocycles. The summed E-state index contributed by atoms with van der Waals surface area (Å²) in [5.74, 6) is 0.376. The van der Waals surface area contributed by atoms with Crippen LogP contribution in [0.1, 0.15) is 42.1 Å². The van der Waals surface area contributed by atoms with Crippen molar-refractivity contribution in [3.63, 3.8) is 0 Å². The van der Waals surface area contributed by atoms with Gasteiger partial charge in [-0.1, -0.05) is 37.1 Å². The number of carbonyl (C=O) groups is 1. The number of rotatable bonds is 9. The minimum absolute atomic E-state index is 0.0258. The van der Waals surface area contributed by atoms with Crippen LogP contribution in [-0.2, 0) is 16.4 Å². The second-order valence-electron chi connectivity index (χ2n) is 7.25. The van der Waals surface area contributed by atoms with Crippen molar-refractivity contribution in [2.45, 2.75) is 37.5 Å². The summed E-state index contributed by atoms with van der Waals surface area (Å²) < 4.78 is 32.7. The first kappa shape index (κ1) is 22.6. The smallest absolute Gasteiger partial charge is 0.251 e. The van der Waals surface area contributed by atoms with E-state index in [1.807, 2.05) is 24.3 Å². The molecule has 0 aromatic heterocycles. The van der Waals surface area contributed by atoms with Crippen LogP contribution < -0.4 is 10.1 Å². The van der Waals surface area contributed by atoms with Gasteiger partial charge in [-0.2, -0.15) is 4.31 Å². The number of nitrogens with one attached hydrogen (secondary N) is 1. The zero-order chi connectivity index (χ0) is 21.6. The fourth-order valence-electron chi connectivity index (χ4n) is 3.39. The maximum Gasteiger partial charge on any atom is 0.251 e. The SMILES string of the molecule is CCCc1ccc(OCCNC(=O)c2ccc(Cl)c(S(=O)(=O)N3CCCC3)c2)cc1. The van der Waals surface area contributed by atoms with E-state index in [2.05, 4.69) is 12.2 Å². The van der Waals surface area contributed by atoms with Crippen LogP contribution >= 0.6 is 11.6 Å². The van der Waals surface area contributed by atoms with Crippen molar-refractivity contribution in [2.24, 2.45) is 0 Å². The molecule has 1 saturated heterocycles.